The molecule has 22 heavy (non-hydrogen) atoms. The minimum absolute atomic E-state index is 0.00675. The van der Waals surface area contributed by atoms with Gasteiger partial charge in [0.2, 0.25) is 0 Å². The maximum absolute atomic E-state index is 12.3. The molecule has 4 nitrogen and oxygen atoms in total. The average molecular weight is 306 g/mol. The summed E-state index contributed by atoms with van der Waals surface area (Å²) in [6.07, 6.45) is 4.75. The van der Waals surface area contributed by atoms with Gasteiger partial charge in [-0.2, -0.15) is 0 Å². The Morgan fingerprint density at radius 2 is 1.77 bits per heavy atom. The lowest BCUT2D eigenvalue weighted by Gasteiger charge is -2.54. The monoisotopic (exact) mass is 306 g/mol. The Hall–Kier alpha value is -1.19. The van der Waals surface area contributed by atoms with Crippen molar-refractivity contribution in [1.82, 2.24) is 0 Å². The van der Waals surface area contributed by atoms with E-state index in [4.69, 9.17) is 0 Å². The van der Waals surface area contributed by atoms with E-state index < -0.39 is 11.4 Å². The number of carbonyl (C=O) groups is 3. The molecular formula is C18H26O4. The van der Waals surface area contributed by atoms with E-state index in [1.807, 2.05) is 0 Å². The summed E-state index contributed by atoms with van der Waals surface area (Å²) in [4.78, 5) is 36.1. The van der Waals surface area contributed by atoms with Crippen molar-refractivity contribution >= 4 is 17.5 Å². The van der Waals surface area contributed by atoms with Crippen LogP contribution >= 0.6 is 0 Å². The number of rotatable bonds is 2. The molecule has 0 aromatic carbocycles. The molecule has 0 bridgehead atoms. The topological polar surface area (TPSA) is 71.4 Å². The molecule has 0 amide bonds. The Balaban J connectivity index is 1.96. The normalized spacial score (nSPS) is 47.7. The van der Waals surface area contributed by atoms with E-state index in [9.17, 15) is 19.5 Å². The zero-order valence-electron chi connectivity index (χ0n) is 13.7. The second kappa shape index (κ2) is 4.90. The van der Waals surface area contributed by atoms with Gasteiger partial charge in [0.25, 0.3) is 0 Å². The fourth-order valence-corrected chi connectivity index (χ4v) is 6.12. The van der Waals surface area contributed by atoms with Crippen molar-refractivity contribution in [3.63, 3.8) is 0 Å². The lowest BCUT2D eigenvalue weighted by Crippen LogP contribution is -2.55. The Bertz CT molecular complexity index is 539. The average Bonchev–Trinajstić information content (AvgIpc) is 2.80. The van der Waals surface area contributed by atoms with Crippen LogP contribution in [0.1, 0.15) is 59.3 Å². The van der Waals surface area contributed by atoms with Crippen LogP contribution in [-0.2, 0) is 14.4 Å². The van der Waals surface area contributed by atoms with E-state index in [-0.39, 0.29) is 34.7 Å². The summed E-state index contributed by atoms with van der Waals surface area (Å²) in [5.74, 6) is -0.0600. The second-order valence-electron chi connectivity index (χ2n) is 8.13. The number of Topliss-reactive ketones (excluding diaryl/α,β-unsaturated/α-hetero) is 2. The molecule has 3 fully saturated rings. The molecule has 0 unspecified atom stereocenters. The molecule has 3 aliphatic rings. The van der Waals surface area contributed by atoms with E-state index in [1.54, 1.807) is 13.8 Å². The van der Waals surface area contributed by atoms with Gasteiger partial charge in [-0.1, -0.05) is 6.92 Å². The van der Waals surface area contributed by atoms with Crippen molar-refractivity contribution in [3.05, 3.63) is 0 Å². The maximum Gasteiger partial charge on any atom is 0.317 e. The van der Waals surface area contributed by atoms with Crippen LogP contribution in [0, 0.1) is 34.5 Å². The number of carboxylic acid groups (broad SMARTS) is 1. The molecule has 0 aliphatic heterocycles. The van der Waals surface area contributed by atoms with Crippen molar-refractivity contribution < 1.29 is 19.5 Å². The van der Waals surface area contributed by atoms with Gasteiger partial charge in [-0.3, -0.25) is 14.4 Å². The summed E-state index contributed by atoms with van der Waals surface area (Å²) < 4.78 is 0. The molecule has 0 aromatic heterocycles. The number of ketones is 2. The first-order chi connectivity index (χ1) is 10.2. The number of carbonyl (C=O) groups excluding carboxylic acids is 2. The highest BCUT2D eigenvalue weighted by Gasteiger charge is 2.62. The smallest absolute Gasteiger partial charge is 0.317 e. The molecular weight excluding hydrogens is 280 g/mol. The highest BCUT2D eigenvalue weighted by molar-refractivity contribution is 6.03. The summed E-state index contributed by atoms with van der Waals surface area (Å²) in [5, 5.41) is 9.68. The Kier molecular flexibility index (Phi) is 3.50. The van der Waals surface area contributed by atoms with Crippen molar-refractivity contribution in [1.29, 1.82) is 0 Å². The van der Waals surface area contributed by atoms with Gasteiger partial charge in [0.15, 0.2) is 0 Å². The Labute approximate surface area is 131 Å². The number of hydrogen-bond acceptors (Lipinski definition) is 3. The first-order valence-electron chi connectivity index (χ1n) is 8.50. The van der Waals surface area contributed by atoms with Crippen LogP contribution in [0.4, 0.5) is 0 Å². The summed E-state index contributed by atoms with van der Waals surface area (Å²) in [6, 6.07) is 0. The van der Waals surface area contributed by atoms with Crippen LogP contribution < -0.4 is 0 Å². The van der Waals surface area contributed by atoms with Gasteiger partial charge >= 0.3 is 5.97 Å². The molecule has 1 N–H and O–H groups in total. The highest BCUT2D eigenvalue weighted by Crippen LogP contribution is 2.64. The molecule has 0 spiro atoms. The predicted octanol–water partition coefficient (Wildman–Crippen LogP) is 3.09. The van der Waals surface area contributed by atoms with Gasteiger partial charge in [-0.15, -0.1) is 0 Å². The summed E-state index contributed by atoms with van der Waals surface area (Å²) in [7, 11) is 0. The van der Waals surface area contributed by atoms with Crippen molar-refractivity contribution in [2.24, 2.45) is 34.5 Å². The lowest BCUT2D eigenvalue weighted by atomic mass is 9.49. The van der Waals surface area contributed by atoms with Crippen molar-refractivity contribution in [3.8, 4) is 0 Å². The van der Waals surface area contributed by atoms with E-state index >= 15 is 0 Å². The zero-order valence-corrected chi connectivity index (χ0v) is 13.7. The van der Waals surface area contributed by atoms with Crippen LogP contribution in [0.3, 0.4) is 0 Å². The largest absolute Gasteiger partial charge is 0.480 e. The van der Waals surface area contributed by atoms with Gasteiger partial charge in [0, 0.05) is 12.3 Å². The lowest BCUT2D eigenvalue weighted by molar-refractivity contribution is -0.169. The third-order valence-corrected chi connectivity index (χ3v) is 7.40. The molecule has 0 radical (unpaired) electrons. The SMILES string of the molecule is CC(=O)[C@H]1CC[C@H]2[C@@H]3CCC(=O)[C@](C)(C(=O)O)[C@H]3CC[C@]12C. The molecule has 3 aliphatic carbocycles. The number of carboxylic acids is 1. The molecule has 122 valence electrons. The maximum atomic E-state index is 12.3. The van der Waals surface area contributed by atoms with Crippen LogP contribution in [0.25, 0.3) is 0 Å². The van der Waals surface area contributed by atoms with Gasteiger partial charge < -0.3 is 5.11 Å². The fraction of sp³-hybridized carbons (Fsp3) is 0.833. The second-order valence-corrected chi connectivity index (χ2v) is 8.13. The molecule has 3 rings (SSSR count). The summed E-state index contributed by atoms with van der Waals surface area (Å²) >= 11 is 0. The number of hydrogen-bond donors (Lipinski definition) is 1. The van der Waals surface area contributed by atoms with Crippen LogP contribution in [0.15, 0.2) is 0 Å². The first kappa shape index (κ1) is 15.7. The minimum atomic E-state index is -1.22. The quantitative estimate of drug-likeness (QED) is 0.796. The van der Waals surface area contributed by atoms with Crippen molar-refractivity contribution in [2.75, 3.05) is 0 Å². The van der Waals surface area contributed by atoms with Crippen molar-refractivity contribution in [2.45, 2.75) is 59.3 Å². The van der Waals surface area contributed by atoms with Gasteiger partial charge in [0.05, 0.1) is 0 Å². The van der Waals surface area contributed by atoms with Crippen LogP contribution in [-0.4, -0.2) is 22.6 Å². The Morgan fingerprint density at radius 3 is 2.36 bits per heavy atom. The van der Waals surface area contributed by atoms with E-state index in [0.717, 1.165) is 32.1 Å². The third-order valence-electron chi connectivity index (χ3n) is 7.40. The van der Waals surface area contributed by atoms with Gasteiger partial charge in [-0.05, 0) is 69.1 Å². The summed E-state index contributed by atoms with van der Waals surface area (Å²) in [6.45, 7) is 5.55. The fourth-order valence-electron chi connectivity index (χ4n) is 6.12. The number of fused-ring (bicyclic) bond motifs is 3. The van der Waals surface area contributed by atoms with Gasteiger partial charge in [0.1, 0.15) is 17.0 Å². The number of aliphatic carboxylic acids is 1. The van der Waals surface area contributed by atoms with E-state index in [2.05, 4.69) is 6.92 Å². The van der Waals surface area contributed by atoms with Gasteiger partial charge in [-0.25, -0.2) is 0 Å². The van der Waals surface area contributed by atoms with E-state index in [0.29, 0.717) is 12.3 Å². The highest BCUT2D eigenvalue weighted by atomic mass is 16.4. The molecule has 0 heterocycles. The molecule has 3 saturated carbocycles. The van der Waals surface area contributed by atoms with E-state index in [1.165, 1.54) is 0 Å². The Morgan fingerprint density at radius 1 is 1.09 bits per heavy atom. The van der Waals surface area contributed by atoms with Crippen LogP contribution in [0.2, 0.25) is 0 Å². The molecule has 0 saturated heterocycles. The van der Waals surface area contributed by atoms with Crippen LogP contribution in [0.5, 0.6) is 0 Å². The molecule has 4 heteroatoms. The predicted molar refractivity (Wildman–Crippen MR) is 81.2 cm³/mol. The zero-order chi connectivity index (χ0) is 16.3. The molecule has 6 atom stereocenters. The molecule has 0 aromatic rings. The standard InChI is InChI=1S/C18H26O4/c1-10(19)12-5-6-13-11-4-7-15(20)18(3,16(21)22)14(11)8-9-17(12,13)2/h11-14H,4-9H2,1-3H3,(H,21,22)/t11-,12+,13-,14-,17+,18+/m0/s1. The minimum Gasteiger partial charge on any atom is -0.480 e. The first-order valence-corrected chi connectivity index (χ1v) is 8.50. The summed E-state index contributed by atoms with van der Waals surface area (Å²) in [5.41, 5.74) is -1.22. The third kappa shape index (κ3) is 1.85.